The van der Waals surface area contributed by atoms with Crippen LogP contribution in [0.4, 0.5) is 0 Å². The molecule has 0 saturated carbocycles. The Morgan fingerprint density at radius 3 is 3.00 bits per heavy atom. The van der Waals surface area contributed by atoms with Crippen molar-refractivity contribution >= 4 is 0 Å². The van der Waals surface area contributed by atoms with Crippen LogP contribution in [-0.4, -0.2) is 28.2 Å². The molecule has 0 spiro atoms. The molecule has 1 atom stereocenters. The first kappa shape index (κ1) is 12.2. The first-order chi connectivity index (χ1) is 7.36. The molecule has 1 aromatic rings. The first-order valence-corrected chi connectivity index (χ1v) is 5.65. The molecule has 0 aliphatic rings. The number of aromatic amines is 1. The smallest absolute Gasteiger partial charge is 0.0922 e. The number of aromatic nitrogens is 2. The van der Waals surface area contributed by atoms with E-state index < -0.39 is 0 Å². The molecule has 1 heterocycles. The number of H-pyrrole nitrogens is 1. The Kier molecular flexibility index (Phi) is 6.04. The van der Waals surface area contributed by atoms with Crippen LogP contribution in [-0.2, 0) is 6.54 Å². The van der Waals surface area contributed by atoms with Gasteiger partial charge in [-0.3, -0.25) is 0 Å². The van der Waals surface area contributed by atoms with Gasteiger partial charge in [-0.25, -0.2) is 4.98 Å². The number of hydrogen-bond donors (Lipinski definition) is 3. The number of hydrogen-bond acceptors (Lipinski definition) is 3. The maximum atomic E-state index is 8.90. The maximum Gasteiger partial charge on any atom is 0.0922 e. The minimum Gasteiger partial charge on any atom is -0.396 e. The van der Waals surface area contributed by atoms with Crippen LogP contribution in [0, 0.1) is 5.92 Å². The van der Waals surface area contributed by atoms with E-state index in [9.17, 15) is 0 Å². The van der Waals surface area contributed by atoms with E-state index in [1.165, 1.54) is 12.8 Å². The fraction of sp³-hybridized carbons (Fsp3) is 0.727. The molecule has 86 valence electrons. The second-order valence-corrected chi connectivity index (χ2v) is 3.87. The lowest BCUT2D eigenvalue weighted by atomic mass is 10.0. The van der Waals surface area contributed by atoms with Crippen LogP contribution in [0.3, 0.4) is 0 Å². The van der Waals surface area contributed by atoms with Gasteiger partial charge >= 0.3 is 0 Å². The average Bonchev–Trinajstić information content (AvgIpc) is 2.71. The highest BCUT2D eigenvalue weighted by Crippen LogP contribution is 2.09. The van der Waals surface area contributed by atoms with E-state index in [-0.39, 0.29) is 6.61 Å². The molecule has 4 heteroatoms. The lowest BCUT2D eigenvalue weighted by molar-refractivity contribution is 0.248. The van der Waals surface area contributed by atoms with E-state index in [0.29, 0.717) is 5.92 Å². The molecule has 0 bridgehead atoms. The first-order valence-electron chi connectivity index (χ1n) is 5.65. The largest absolute Gasteiger partial charge is 0.396 e. The van der Waals surface area contributed by atoms with E-state index in [2.05, 4.69) is 22.2 Å². The SMILES string of the molecule is CCCC(CCO)CNCc1cnc[nH]1. The Labute approximate surface area is 91.1 Å². The van der Waals surface area contributed by atoms with Gasteiger partial charge in [0.1, 0.15) is 0 Å². The van der Waals surface area contributed by atoms with Gasteiger partial charge in [0.25, 0.3) is 0 Å². The van der Waals surface area contributed by atoms with E-state index in [4.69, 9.17) is 5.11 Å². The van der Waals surface area contributed by atoms with Crippen molar-refractivity contribution in [2.45, 2.75) is 32.7 Å². The summed E-state index contributed by atoms with van der Waals surface area (Å²) in [6.07, 6.45) is 6.76. The van der Waals surface area contributed by atoms with Gasteiger partial charge in [0.2, 0.25) is 0 Å². The van der Waals surface area contributed by atoms with Gasteiger partial charge in [-0.1, -0.05) is 13.3 Å². The molecule has 1 rings (SSSR count). The van der Waals surface area contributed by atoms with Crippen molar-refractivity contribution < 1.29 is 5.11 Å². The van der Waals surface area contributed by atoms with Crippen LogP contribution >= 0.6 is 0 Å². The van der Waals surface area contributed by atoms with Crippen LogP contribution in [0.5, 0.6) is 0 Å². The summed E-state index contributed by atoms with van der Waals surface area (Å²) in [6, 6.07) is 0. The minimum absolute atomic E-state index is 0.288. The maximum absolute atomic E-state index is 8.90. The van der Waals surface area contributed by atoms with Crippen molar-refractivity contribution in [3.63, 3.8) is 0 Å². The summed E-state index contributed by atoms with van der Waals surface area (Å²) in [4.78, 5) is 7.01. The van der Waals surface area contributed by atoms with Crippen molar-refractivity contribution in [1.82, 2.24) is 15.3 Å². The number of aliphatic hydroxyl groups is 1. The van der Waals surface area contributed by atoms with Crippen molar-refractivity contribution in [3.05, 3.63) is 18.2 Å². The third kappa shape index (κ3) is 4.95. The number of aliphatic hydroxyl groups excluding tert-OH is 1. The van der Waals surface area contributed by atoms with E-state index in [0.717, 1.165) is 25.2 Å². The molecule has 0 aromatic carbocycles. The fourth-order valence-corrected chi connectivity index (χ4v) is 1.73. The van der Waals surface area contributed by atoms with Gasteiger partial charge in [-0.15, -0.1) is 0 Å². The van der Waals surface area contributed by atoms with Crippen molar-refractivity contribution in [2.75, 3.05) is 13.2 Å². The summed E-state index contributed by atoms with van der Waals surface area (Å²) in [6.45, 7) is 4.26. The molecule has 1 aromatic heterocycles. The summed E-state index contributed by atoms with van der Waals surface area (Å²) in [5.74, 6) is 0.586. The predicted octanol–water partition coefficient (Wildman–Crippen LogP) is 1.30. The second kappa shape index (κ2) is 7.43. The molecular weight excluding hydrogens is 190 g/mol. The molecule has 0 aliphatic heterocycles. The third-order valence-electron chi connectivity index (χ3n) is 2.54. The van der Waals surface area contributed by atoms with Crippen LogP contribution in [0.15, 0.2) is 12.5 Å². The average molecular weight is 211 g/mol. The topological polar surface area (TPSA) is 60.9 Å². The van der Waals surface area contributed by atoms with Crippen molar-refractivity contribution in [1.29, 1.82) is 0 Å². The van der Waals surface area contributed by atoms with Gasteiger partial charge in [-0.05, 0) is 25.3 Å². The van der Waals surface area contributed by atoms with Crippen LogP contribution in [0.1, 0.15) is 31.9 Å². The number of nitrogens with one attached hydrogen (secondary N) is 2. The molecule has 0 amide bonds. The van der Waals surface area contributed by atoms with Gasteiger partial charge in [-0.2, -0.15) is 0 Å². The van der Waals surface area contributed by atoms with Crippen molar-refractivity contribution in [2.24, 2.45) is 5.92 Å². The highest BCUT2D eigenvalue weighted by atomic mass is 16.3. The highest BCUT2D eigenvalue weighted by molar-refractivity contribution is 4.93. The molecule has 0 aliphatic carbocycles. The van der Waals surface area contributed by atoms with Gasteiger partial charge in [0.05, 0.1) is 6.33 Å². The zero-order valence-corrected chi connectivity index (χ0v) is 9.37. The van der Waals surface area contributed by atoms with E-state index >= 15 is 0 Å². The Balaban J connectivity index is 2.15. The normalized spacial score (nSPS) is 12.9. The van der Waals surface area contributed by atoms with Crippen LogP contribution in [0.25, 0.3) is 0 Å². The van der Waals surface area contributed by atoms with Gasteiger partial charge < -0.3 is 15.4 Å². The number of imidazole rings is 1. The highest BCUT2D eigenvalue weighted by Gasteiger charge is 2.06. The monoisotopic (exact) mass is 211 g/mol. The summed E-state index contributed by atoms with van der Waals surface area (Å²) in [5, 5.41) is 12.3. The zero-order valence-electron chi connectivity index (χ0n) is 9.37. The Morgan fingerprint density at radius 2 is 2.40 bits per heavy atom. The molecule has 0 saturated heterocycles. The standard InChI is InChI=1S/C11H21N3O/c1-2-3-10(4-5-15)6-12-7-11-8-13-9-14-11/h8-10,12,15H,2-7H2,1H3,(H,13,14). The van der Waals surface area contributed by atoms with Crippen molar-refractivity contribution in [3.8, 4) is 0 Å². The quantitative estimate of drug-likeness (QED) is 0.607. The molecule has 0 radical (unpaired) electrons. The predicted molar refractivity (Wildman–Crippen MR) is 60.4 cm³/mol. The molecular formula is C11H21N3O. The molecule has 1 unspecified atom stereocenters. The minimum atomic E-state index is 0.288. The van der Waals surface area contributed by atoms with Crippen LogP contribution < -0.4 is 5.32 Å². The summed E-state index contributed by atoms with van der Waals surface area (Å²) in [7, 11) is 0. The Hall–Kier alpha value is -0.870. The lowest BCUT2D eigenvalue weighted by Crippen LogP contribution is -2.23. The summed E-state index contributed by atoms with van der Waals surface area (Å²) >= 11 is 0. The molecule has 15 heavy (non-hydrogen) atoms. The van der Waals surface area contributed by atoms with Crippen LogP contribution in [0.2, 0.25) is 0 Å². The second-order valence-electron chi connectivity index (χ2n) is 3.87. The van der Waals surface area contributed by atoms with E-state index in [1.807, 2.05) is 6.20 Å². The summed E-state index contributed by atoms with van der Waals surface area (Å²) < 4.78 is 0. The Bertz CT molecular complexity index is 230. The summed E-state index contributed by atoms with van der Waals surface area (Å²) in [5.41, 5.74) is 1.11. The number of nitrogens with zero attached hydrogens (tertiary/aromatic N) is 1. The molecule has 4 nitrogen and oxygen atoms in total. The number of rotatable bonds is 8. The van der Waals surface area contributed by atoms with E-state index in [1.54, 1.807) is 6.33 Å². The third-order valence-corrected chi connectivity index (χ3v) is 2.54. The molecule has 3 N–H and O–H groups in total. The lowest BCUT2D eigenvalue weighted by Gasteiger charge is -2.15. The Morgan fingerprint density at radius 1 is 1.53 bits per heavy atom. The molecule has 0 fully saturated rings. The van der Waals surface area contributed by atoms with Gasteiger partial charge in [0, 0.05) is 25.0 Å². The van der Waals surface area contributed by atoms with Gasteiger partial charge in [0.15, 0.2) is 0 Å². The zero-order chi connectivity index (χ0) is 10.9. The fourth-order valence-electron chi connectivity index (χ4n) is 1.73.